The number of thioether (sulfide) groups is 1. The lowest BCUT2D eigenvalue weighted by molar-refractivity contribution is -0.113. The average molecular weight is 263 g/mol. The van der Waals surface area contributed by atoms with Crippen LogP contribution in [-0.2, 0) is 4.79 Å². The van der Waals surface area contributed by atoms with Gasteiger partial charge in [-0.15, -0.1) is 5.10 Å². The van der Waals surface area contributed by atoms with Crippen LogP contribution in [0.2, 0.25) is 0 Å². The van der Waals surface area contributed by atoms with Gasteiger partial charge in [-0.3, -0.25) is 9.89 Å². The molecule has 0 aliphatic rings. The van der Waals surface area contributed by atoms with E-state index in [4.69, 9.17) is 5.73 Å². The highest BCUT2D eigenvalue weighted by atomic mass is 32.2. The van der Waals surface area contributed by atoms with Crippen LogP contribution in [-0.4, -0.2) is 26.8 Å². The molecule has 0 spiro atoms. The van der Waals surface area contributed by atoms with Crippen LogP contribution in [0.3, 0.4) is 0 Å². The SMILES string of the molecule is Cc1nc(SCC(=O)Nc2ccc(N)cc2)n[nH]1. The number of aromatic nitrogens is 3. The van der Waals surface area contributed by atoms with Gasteiger partial charge in [-0.2, -0.15) is 0 Å². The average Bonchev–Trinajstić information content (AvgIpc) is 2.76. The number of aryl methyl sites for hydroxylation is 1. The van der Waals surface area contributed by atoms with Gasteiger partial charge in [-0.25, -0.2) is 4.98 Å². The van der Waals surface area contributed by atoms with Gasteiger partial charge >= 0.3 is 0 Å². The Morgan fingerprint density at radius 2 is 2.17 bits per heavy atom. The molecule has 0 atom stereocenters. The summed E-state index contributed by atoms with van der Waals surface area (Å²) in [5.41, 5.74) is 6.95. The summed E-state index contributed by atoms with van der Waals surface area (Å²) in [6, 6.07) is 6.99. The van der Waals surface area contributed by atoms with Crippen molar-refractivity contribution in [1.29, 1.82) is 0 Å². The number of nitrogens with one attached hydrogen (secondary N) is 2. The summed E-state index contributed by atoms with van der Waals surface area (Å²) in [5, 5.41) is 9.99. The maximum absolute atomic E-state index is 11.6. The molecule has 0 radical (unpaired) electrons. The van der Waals surface area contributed by atoms with E-state index in [-0.39, 0.29) is 11.7 Å². The zero-order valence-electron chi connectivity index (χ0n) is 9.80. The molecule has 94 valence electrons. The maximum atomic E-state index is 11.6. The highest BCUT2D eigenvalue weighted by Crippen LogP contribution is 2.14. The molecular weight excluding hydrogens is 250 g/mol. The third-order valence-electron chi connectivity index (χ3n) is 2.10. The molecule has 4 N–H and O–H groups in total. The molecule has 0 saturated carbocycles. The second kappa shape index (κ2) is 5.54. The summed E-state index contributed by atoms with van der Waals surface area (Å²) in [6.45, 7) is 1.81. The number of carbonyl (C=O) groups is 1. The van der Waals surface area contributed by atoms with Crippen LogP contribution < -0.4 is 11.1 Å². The molecule has 6 nitrogen and oxygen atoms in total. The van der Waals surface area contributed by atoms with Gasteiger partial charge in [0.2, 0.25) is 11.1 Å². The van der Waals surface area contributed by atoms with Gasteiger partial charge < -0.3 is 11.1 Å². The summed E-state index contributed by atoms with van der Waals surface area (Å²) >= 11 is 1.28. The van der Waals surface area contributed by atoms with Gasteiger partial charge in [0.15, 0.2) is 0 Å². The first-order valence-corrected chi connectivity index (χ1v) is 6.29. The summed E-state index contributed by atoms with van der Waals surface area (Å²) in [6.07, 6.45) is 0. The third-order valence-corrected chi connectivity index (χ3v) is 2.95. The van der Waals surface area contributed by atoms with Crippen LogP contribution >= 0.6 is 11.8 Å². The summed E-state index contributed by atoms with van der Waals surface area (Å²) in [4.78, 5) is 15.7. The molecular formula is C11H13N5OS. The van der Waals surface area contributed by atoms with E-state index in [1.807, 2.05) is 6.92 Å². The maximum Gasteiger partial charge on any atom is 0.234 e. The molecule has 7 heteroatoms. The molecule has 1 heterocycles. The quantitative estimate of drug-likeness (QED) is 0.572. The molecule has 0 saturated heterocycles. The van der Waals surface area contributed by atoms with Crippen LogP contribution in [0.15, 0.2) is 29.4 Å². The fourth-order valence-electron chi connectivity index (χ4n) is 1.28. The number of nitrogens with two attached hydrogens (primary N) is 1. The first kappa shape index (κ1) is 12.4. The molecule has 0 unspecified atom stereocenters. The summed E-state index contributed by atoms with van der Waals surface area (Å²) < 4.78 is 0. The Hall–Kier alpha value is -2.02. The number of rotatable bonds is 4. The highest BCUT2D eigenvalue weighted by Gasteiger charge is 2.06. The normalized spacial score (nSPS) is 10.3. The van der Waals surface area contributed by atoms with Crippen molar-refractivity contribution in [3.63, 3.8) is 0 Å². The van der Waals surface area contributed by atoms with Crippen molar-refractivity contribution in [2.75, 3.05) is 16.8 Å². The highest BCUT2D eigenvalue weighted by molar-refractivity contribution is 7.99. The van der Waals surface area contributed by atoms with Gasteiger partial charge in [0, 0.05) is 11.4 Å². The van der Waals surface area contributed by atoms with E-state index in [0.717, 1.165) is 11.5 Å². The van der Waals surface area contributed by atoms with Crippen LogP contribution in [0, 0.1) is 6.92 Å². The third kappa shape index (κ3) is 3.49. The first-order chi connectivity index (χ1) is 8.63. The predicted molar refractivity (Wildman–Crippen MR) is 71.3 cm³/mol. The Morgan fingerprint density at radius 1 is 1.44 bits per heavy atom. The van der Waals surface area contributed by atoms with E-state index in [0.29, 0.717) is 10.8 Å². The van der Waals surface area contributed by atoms with Crippen LogP contribution in [0.5, 0.6) is 0 Å². The Kier molecular flexibility index (Phi) is 3.83. The van der Waals surface area contributed by atoms with Crippen molar-refractivity contribution in [2.24, 2.45) is 0 Å². The minimum Gasteiger partial charge on any atom is -0.399 e. The smallest absolute Gasteiger partial charge is 0.234 e. The van der Waals surface area contributed by atoms with Crippen molar-refractivity contribution >= 4 is 29.0 Å². The number of amides is 1. The molecule has 0 aliphatic carbocycles. The van der Waals surface area contributed by atoms with E-state index >= 15 is 0 Å². The topological polar surface area (TPSA) is 96.7 Å². The largest absolute Gasteiger partial charge is 0.399 e. The molecule has 0 fully saturated rings. The second-order valence-electron chi connectivity index (χ2n) is 3.66. The number of carbonyl (C=O) groups excluding carboxylic acids is 1. The molecule has 0 aliphatic heterocycles. The first-order valence-electron chi connectivity index (χ1n) is 5.30. The molecule has 18 heavy (non-hydrogen) atoms. The van der Waals surface area contributed by atoms with Gasteiger partial charge in [-0.1, -0.05) is 11.8 Å². The lowest BCUT2D eigenvalue weighted by Gasteiger charge is -2.04. The van der Waals surface area contributed by atoms with Gasteiger partial charge in [0.25, 0.3) is 0 Å². The molecule has 1 amide bonds. The molecule has 1 aromatic carbocycles. The van der Waals surface area contributed by atoms with E-state index in [1.165, 1.54) is 11.8 Å². The lowest BCUT2D eigenvalue weighted by Crippen LogP contribution is -2.14. The van der Waals surface area contributed by atoms with E-state index in [2.05, 4.69) is 20.5 Å². The Bertz CT molecular complexity index is 537. The van der Waals surface area contributed by atoms with E-state index in [9.17, 15) is 4.79 Å². The Labute approximate surface area is 108 Å². The van der Waals surface area contributed by atoms with E-state index < -0.39 is 0 Å². The number of nitrogens with zero attached hydrogens (tertiary/aromatic N) is 2. The van der Waals surface area contributed by atoms with Gasteiger partial charge in [0.05, 0.1) is 5.75 Å². The molecule has 0 bridgehead atoms. The lowest BCUT2D eigenvalue weighted by atomic mass is 10.3. The number of benzene rings is 1. The number of nitrogen functional groups attached to an aromatic ring is 1. The monoisotopic (exact) mass is 263 g/mol. The number of H-pyrrole nitrogens is 1. The van der Waals surface area contributed by atoms with Crippen molar-refractivity contribution < 1.29 is 4.79 Å². The van der Waals surface area contributed by atoms with Crippen LogP contribution in [0.25, 0.3) is 0 Å². The molecule has 1 aromatic heterocycles. The fourth-order valence-corrected chi connectivity index (χ4v) is 1.92. The standard InChI is InChI=1S/C11H13N5OS/c1-7-13-11(16-15-7)18-6-10(17)14-9-4-2-8(12)3-5-9/h2-5H,6,12H2,1H3,(H,14,17)(H,13,15,16). The van der Waals surface area contributed by atoms with Gasteiger partial charge in [0.1, 0.15) is 5.82 Å². The molecule has 2 aromatic rings. The minimum atomic E-state index is -0.104. The van der Waals surface area contributed by atoms with Crippen molar-refractivity contribution in [3.05, 3.63) is 30.1 Å². The Morgan fingerprint density at radius 3 is 2.78 bits per heavy atom. The summed E-state index contributed by atoms with van der Waals surface area (Å²) in [5.74, 6) is 0.894. The van der Waals surface area contributed by atoms with Crippen molar-refractivity contribution in [1.82, 2.24) is 15.2 Å². The van der Waals surface area contributed by atoms with Crippen molar-refractivity contribution in [2.45, 2.75) is 12.1 Å². The Balaban J connectivity index is 1.83. The minimum absolute atomic E-state index is 0.104. The number of anilines is 2. The number of hydrogen-bond donors (Lipinski definition) is 3. The number of aromatic amines is 1. The van der Waals surface area contributed by atoms with Crippen LogP contribution in [0.1, 0.15) is 5.82 Å². The predicted octanol–water partition coefficient (Wildman–Crippen LogP) is 1.43. The zero-order valence-corrected chi connectivity index (χ0v) is 10.6. The van der Waals surface area contributed by atoms with E-state index in [1.54, 1.807) is 24.3 Å². The van der Waals surface area contributed by atoms with Gasteiger partial charge in [-0.05, 0) is 31.2 Å². The summed E-state index contributed by atoms with van der Waals surface area (Å²) in [7, 11) is 0. The second-order valence-corrected chi connectivity index (χ2v) is 4.60. The van der Waals surface area contributed by atoms with Crippen molar-refractivity contribution in [3.8, 4) is 0 Å². The van der Waals surface area contributed by atoms with Crippen LogP contribution in [0.4, 0.5) is 11.4 Å². The zero-order chi connectivity index (χ0) is 13.0. The fraction of sp³-hybridized carbons (Fsp3) is 0.182. The molecule has 2 rings (SSSR count). The number of hydrogen-bond acceptors (Lipinski definition) is 5.